The zero-order valence-corrected chi connectivity index (χ0v) is 18.2. The smallest absolute Gasteiger partial charge is 0.290 e. The third-order valence-corrected chi connectivity index (χ3v) is 6.32. The van der Waals surface area contributed by atoms with Crippen molar-refractivity contribution < 1.29 is 9.21 Å². The molecule has 0 N–H and O–H groups in total. The molecular formula is C24H25ClN2O3. The van der Waals surface area contributed by atoms with Crippen LogP contribution in [-0.4, -0.2) is 41.9 Å². The van der Waals surface area contributed by atoms with Gasteiger partial charge in [-0.05, 0) is 43.3 Å². The summed E-state index contributed by atoms with van der Waals surface area (Å²) < 4.78 is 6.01. The zero-order chi connectivity index (χ0) is 21.4. The van der Waals surface area contributed by atoms with Crippen molar-refractivity contribution in [1.29, 1.82) is 0 Å². The number of aryl methyl sites for hydroxylation is 1. The van der Waals surface area contributed by atoms with Gasteiger partial charge in [-0.2, -0.15) is 0 Å². The van der Waals surface area contributed by atoms with Crippen molar-refractivity contribution in [1.82, 2.24) is 9.80 Å². The molecule has 2 heterocycles. The molecule has 1 aliphatic heterocycles. The average molecular weight is 425 g/mol. The van der Waals surface area contributed by atoms with Crippen LogP contribution in [0.2, 0.25) is 5.02 Å². The van der Waals surface area contributed by atoms with Crippen LogP contribution in [0.3, 0.4) is 0 Å². The lowest BCUT2D eigenvalue weighted by atomic mass is 9.98. The van der Waals surface area contributed by atoms with Gasteiger partial charge in [-0.3, -0.25) is 9.59 Å². The van der Waals surface area contributed by atoms with Crippen molar-refractivity contribution >= 4 is 28.5 Å². The molecule has 4 rings (SSSR count). The number of hydrogen-bond acceptors (Lipinski definition) is 4. The summed E-state index contributed by atoms with van der Waals surface area (Å²) in [5.41, 5.74) is 2.30. The average Bonchev–Trinajstić information content (AvgIpc) is 3.03. The van der Waals surface area contributed by atoms with Crippen LogP contribution in [0, 0.1) is 6.92 Å². The summed E-state index contributed by atoms with van der Waals surface area (Å²) in [6.45, 7) is 9.10. The maximum atomic E-state index is 13.5. The van der Waals surface area contributed by atoms with Crippen LogP contribution in [0.1, 0.15) is 47.1 Å². The van der Waals surface area contributed by atoms with Crippen molar-refractivity contribution in [3.63, 3.8) is 0 Å². The van der Waals surface area contributed by atoms with Gasteiger partial charge in [0, 0.05) is 18.1 Å². The van der Waals surface area contributed by atoms with Gasteiger partial charge in [0.15, 0.2) is 5.43 Å². The summed E-state index contributed by atoms with van der Waals surface area (Å²) in [5, 5.41) is 0.914. The monoisotopic (exact) mass is 424 g/mol. The standard InChI is InChI=1S/C24H25ClN2O3/c1-4-26(5-2)11-12-27-21(16-9-7-6-8-10-16)20-22(28)17-14-18(25)15(3)13-19(17)30-23(20)24(27)29/h6-10,13-14,21H,4-5,11-12H2,1-3H3. The highest BCUT2D eigenvalue weighted by Crippen LogP contribution is 2.38. The summed E-state index contributed by atoms with van der Waals surface area (Å²) in [7, 11) is 0. The Morgan fingerprint density at radius 3 is 2.47 bits per heavy atom. The van der Waals surface area contributed by atoms with Gasteiger partial charge < -0.3 is 14.2 Å². The molecule has 2 aromatic carbocycles. The molecule has 0 radical (unpaired) electrons. The number of halogens is 1. The SMILES string of the molecule is CCN(CC)CCN1C(=O)c2oc3cc(C)c(Cl)cc3c(=O)c2C1c1ccccc1. The van der Waals surface area contributed by atoms with Crippen LogP contribution in [0.5, 0.6) is 0 Å². The summed E-state index contributed by atoms with van der Waals surface area (Å²) in [6.07, 6.45) is 0. The predicted molar refractivity (Wildman–Crippen MR) is 119 cm³/mol. The number of benzene rings is 2. The number of nitrogens with zero attached hydrogens (tertiary/aromatic N) is 2. The number of likely N-dealkylation sites (N-methyl/N-ethyl adjacent to an activating group) is 1. The third kappa shape index (κ3) is 3.42. The minimum absolute atomic E-state index is 0.141. The van der Waals surface area contributed by atoms with Gasteiger partial charge in [0.1, 0.15) is 5.58 Å². The number of hydrogen-bond donors (Lipinski definition) is 0. The highest BCUT2D eigenvalue weighted by atomic mass is 35.5. The molecule has 30 heavy (non-hydrogen) atoms. The van der Waals surface area contributed by atoms with Crippen LogP contribution in [0.4, 0.5) is 0 Å². The molecule has 3 aromatic rings. The van der Waals surface area contributed by atoms with E-state index in [0.29, 0.717) is 28.1 Å². The van der Waals surface area contributed by atoms with E-state index >= 15 is 0 Å². The summed E-state index contributed by atoms with van der Waals surface area (Å²) in [6, 6.07) is 12.6. The third-order valence-electron chi connectivity index (χ3n) is 5.91. The lowest BCUT2D eigenvalue weighted by Crippen LogP contribution is -2.37. The van der Waals surface area contributed by atoms with Gasteiger partial charge in [-0.1, -0.05) is 55.8 Å². The van der Waals surface area contributed by atoms with Gasteiger partial charge >= 0.3 is 0 Å². The van der Waals surface area contributed by atoms with Crippen molar-refractivity contribution in [2.75, 3.05) is 26.2 Å². The molecule has 0 saturated heterocycles. The molecule has 5 nitrogen and oxygen atoms in total. The Hall–Kier alpha value is -2.63. The van der Waals surface area contributed by atoms with E-state index in [1.807, 2.05) is 37.3 Å². The Morgan fingerprint density at radius 1 is 1.10 bits per heavy atom. The van der Waals surface area contributed by atoms with Crippen LogP contribution < -0.4 is 5.43 Å². The maximum Gasteiger partial charge on any atom is 0.290 e. The second-order valence-corrected chi connectivity index (χ2v) is 8.02. The Kier molecular flexibility index (Phi) is 5.67. The molecular weight excluding hydrogens is 400 g/mol. The first-order valence-corrected chi connectivity index (χ1v) is 10.7. The normalized spacial score (nSPS) is 16.0. The highest BCUT2D eigenvalue weighted by Gasteiger charge is 2.42. The second kappa shape index (κ2) is 8.25. The topological polar surface area (TPSA) is 53.8 Å². The first kappa shape index (κ1) is 20.6. The molecule has 1 amide bonds. The molecule has 6 heteroatoms. The molecule has 1 atom stereocenters. The van der Waals surface area contributed by atoms with Crippen LogP contribution in [-0.2, 0) is 0 Å². The van der Waals surface area contributed by atoms with E-state index in [1.165, 1.54) is 0 Å². The van der Waals surface area contributed by atoms with Crippen molar-refractivity contribution in [3.8, 4) is 0 Å². The second-order valence-electron chi connectivity index (χ2n) is 7.61. The first-order valence-electron chi connectivity index (χ1n) is 10.3. The zero-order valence-electron chi connectivity index (χ0n) is 17.4. The van der Waals surface area contributed by atoms with Gasteiger partial charge in [0.05, 0.1) is 17.0 Å². The lowest BCUT2D eigenvalue weighted by Gasteiger charge is -2.28. The van der Waals surface area contributed by atoms with E-state index in [9.17, 15) is 9.59 Å². The molecule has 0 saturated carbocycles. The quantitative estimate of drug-likeness (QED) is 0.578. The minimum Gasteiger partial charge on any atom is -0.450 e. The number of carbonyl (C=O) groups excluding carboxylic acids is 1. The number of fused-ring (bicyclic) bond motifs is 2. The summed E-state index contributed by atoms with van der Waals surface area (Å²) >= 11 is 6.27. The maximum absolute atomic E-state index is 13.5. The Morgan fingerprint density at radius 2 is 1.80 bits per heavy atom. The summed E-state index contributed by atoms with van der Waals surface area (Å²) in [5.74, 6) is -0.0970. The Bertz CT molecular complexity index is 1150. The van der Waals surface area contributed by atoms with E-state index in [1.54, 1.807) is 17.0 Å². The first-order chi connectivity index (χ1) is 14.5. The Labute approximate surface area is 180 Å². The van der Waals surface area contributed by atoms with Crippen molar-refractivity contribution in [2.24, 2.45) is 0 Å². The van der Waals surface area contributed by atoms with E-state index in [-0.39, 0.29) is 17.1 Å². The van der Waals surface area contributed by atoms with Crippen LogP contribution >= 0.6 is 11.6 Å². The highest BCUT2D eigenvalue weighted by molar-refractivity contribution is 6.32. The molecule has 1 aliphatic rings. The number of amides is 1. The molecule has 0 bridgehead atoms. The minimum atomic E-state index is -0.468. The van der Waals surface area contributed by atoms with Gasteiger partial charge in [0.25, 0.3) is 5.91 Å². The van der Waals surface area contributed by atoms with Crippen LogP contribution in [0.15, 0.2) is 51.7 Å². The number of carbonyl (C=O) groups is 1. The molecule has 0 fully saturated rings. The fourth-order valence-corrected chi connectivity index (χ4v) is 4.31. The Balaban J connectivity index is 1.89. The fourth-order valence-electron chi connectivity index (χ4n) is 4.14. The molecule has 156 valence electrons. The van der Waals surface area contributed by atoms with Gasteiger partial charge in [-0.25, -0.2) is 0 Å². The van der Waals surface area contributed by atoms with E-state index < -0.39 is 6.04 Å². The molecule has 0 aliphatic carbocycles. The lowest BCUT2D eigenvalue weighted by molar-refractivity contribution is 0.0708. The van der Waals surface area contributed by atoms with Gasteiger partial charge in [0.2, 0.25) is 5.76 Å². The van der Waals surface area contributed by atoms with Gasteiger partial charge in [-0.15, -0.1) is 0 Å². The molecule has 0 spiro atoms. The molecule has 1 aromatic heterocycles. The predicted octanol–water partition coefficient (Wildman–Crippen LogP) is 4.64. The van der Waals surface area contributed by atoms with E-state index in [4.69, 9.17) is 16.0 Å². The van der Waals surface area contributed by atoms with E-state index in [0.717, 1.165) is 30.8 Å². The van der Waals surface area contributed by atoms with E-state index in [2.05, 4.69) is 18.7 Å². The summed E-state index contributed by atoms with van der Waals surface area (Å²) in [4.78, 5) is 30.9. The van der Waals surface area contributed by atoms with Crippen molar-refractivity contribution in [3.05, 3.63) is 80.2 Å². The van der Waals surface area contributed by atoms with Crippen LogP contribution in [0.25, 0.3) is 11.0 Å². The molecule has 1 unspecified atom stereocenters. The van der Waals surface area contributed by atoms with Crippen molar-refractivity contribution in [2.45, 2.75) is 26.8 Å². The number of rotatable bonds is 6. The largest absolute Gasteiger partial charge is 0.450 e. The fraction of sp³-hybridized carbons (Fsp3) is 0.333.